The average molecular weight is 519 g/mol. The van der Waals surface area contributed by atoms with Crippen LogP contribution in [-0.2, 0) is 11.3 Å². The van der Waals surface area contributed by atoms with Gasteiger partial charge in [0, 0.05) is 56.4 Å². The fourth-order valence-corrected chi connectivity index (χ4v) is 3.95. The SMILES string of the molecule is Cc1noc(C)c1-c1ccc2nc(/C(C=N)=C/NCC(=O)N(C)C)nc(NCc3cncc(Cl)c3)c2c1. The van der Waals surface area contributed by atoms with Crippen LogP contribution >= 0.6 is 11.6 Å². The molecule has 0 spiro atoms. The second-order valence-electron chi connectivity index (χ2n) is 8.60. The molecule has 0 aliphatic rings. The Morgan fingerprint density at radius 3 is 2.68 bits per heavy atom. The summed E-state index contributed by atoms with van der Waals surface area (Å²) in [5.74, 6) is 1.54. The normalized spacial score (nSPS) is 11.4. The number of aryl methyl sites for hydroxylation is 2. The number of rotatable bonds is 9. The third kappa shape index (κ3) is 5.92. The van der Waals surface area contributed by atoms with Gasteiger partial charge < -0.3 is 25.5 Å². The molecule has 0 saturated carbocycles. The molecule has 0 bridgehead atoms. The van der Waals surface area contributed by atoms with E-state index in [1.807, 2.05) is 38.1 Å². The molecule has 1 aromatic carbocycles. The van der Waals surface area contributed by atoms with Crippen molar-refractivity contribution in [1.29, 1.82) is 5.41 Å². The van der Waals surface area contributed by atoms with Crippen molar-refractivity contribution in [2.24, 2.45) is 0 Å². The molecule has 190 valence electrons. The summed E-state index contributed by atoms with van der Waals surface area (Å²) < 4.78 is 5.36. The number of likely N-dealkylation sites (N-methyl/N-ethyl adjacent to an activating group) is 1. The average Bonchev–Trinajstić information content (AvgIpc) is 3.22. The second kappa shape index (κ2) is 11.2. The Kier molecular flexibility index (Phi) is 7.78. The lowest BCUT2D eigenvalue weighted by molar-refractivity contribution is -0.127. The maximum atomic E-state index is 11.9. The summed E-state index contributed by atoms with van der Waals surface area (Å²) in [5, 5.41) is 19.6. The van der Waals surface area contributed by atoms with Gasteiger partial charge in [-0.3, -0.25) is 9.78 Å². The van der Waals surface area contributed by atoms with E-state index in [9.17, 15) is 4.79 Å². The molecule has 0 atom stereocenters. The zero-order valence-electron chi connectivity index (χ0n) is 21.0. The summed E-state index contributed by atoms with van der Waals surface area (Å²) in [6, 6.07) is 7.68. The van der Waals surface area contributed by atoms with Crippen molar-refractivity contribution in [3.8, 4) is 11.1 Å². The molecule has 11 heteroatoms. The van der Waals surface area contributed by atoms with Gasteiger partial charge in [0.15, 0.2) is 5.82 Å². The van der Waals surface area contributed by atoms with Crippen LogP contribution in [0, 0.1) is 19.3 Å². The minimum Gasteiger partial charge on any atom is -0.381 e. The minimum absolute atomic E-state index is 0.0889. The van der Waals surface area contributed by atoms with Crippen LogP contribution in [0.1, 0.15) is 22.8 Å². The lowest BCUT2D eigenvalue weighted by Crippen LogP contribution is -2.30. The van der Waals surface area contributed by atoms with Crippen molar-refractivity contribution in [3.05, 3.63) is 70.7 Å². The van der Waals surface area contributed by atoms with E-state index in [1.54, 1.807) is 32.7 Å². The highest BCUT2D eigenvalue weighted by atomic mass is 35.5. The number of carbonyl (C=O) groups is 1. The van der Waals surface area contributed by atoms with Crippen LogP contribution in [0.3, 0.4) is 0 Å². The van der Waals surface area contributed by atoms with Gasteiger partial charge >= 0.3 is 0 Å². The van der Waals surface area contributed by atoms with Crippen molar-refractivity contribution in [3.63, 3.8) is 0 Å². The number of halogens is 1. The topological polar surface area (TPSA) is 133 Å². The fourth-order valence-electron chi connectivity index (χ4n) is 3.76. The van der Waals surface area contributed by atoms with Gasteiger partial charge in [0.25, 0.3) is 0 Å². The molecule has 3 heterocycles. The van der Waals surface area contributed by atoms with E-state index in [-0.39, 0.29) is 12.5 Å². The first-order valence-corrected chi connectivity index (χ1v) is 11.9. The standard InChI is InChI=1S/C26H27ClN8O2/c1-15-24(16(2)37-34-15)18-5-6-22-21(8-18)26(31-11-17-7-20(27)13-29-10-17)33-25(32-22)19(9-28)12-30-14-23(36)35(3)4/h5-10,12-13,28,30H,11,14H2,1-4H3,(H,31,32,33)/b19-12+,28-9?. The molecular formula is C26H27ClN8O2. The van der Waals surface area contributed by atoms with Crippen molar-refractivity contribution < 1.29 is 9.32 Å². The number of benzene rings is 1. The van der Waals surface area contributed by atoms with Crippen LogP contribution in [0.4, 0.5) is 5.82 Å². The number of hydrogen-bond donors (Lipinski definition) is 3. The van der Waals surface area contributed by atoms with Crippen LogP contribution in [-0.4, -0.2) is 57.8 Å². The largest absolute Gasteiger partial charge is 0.381 e. The minimum atomic E-state index is -0.0932. The van der Waals surface area contributed by atoms with Gasteiger partial charge in [-0.15, -0.1) is 0 Å². The highest BCUT2D eigenvalue weighted by Crippen LogP contribution is 2.32. The van der Waals surface area contributed by atoms with Crippen LogP contribution in [0.25, 0.3) is 27.6 Å². The Bertz CT molecular complexity index is 1480. The molecule has 37 heavy (non-hydrogen) atoms. The first-order chi connectivity index (χ1) is 17.8. The van der Waals surface area contributed by atoms with Gasteiger partial charge in [-0.1, -0.05) is 22.8 Å². The van der Waals surface area contributed by atoms with Gasteiger partial charge in [0.1, 0.15) is 11.6 Å². The van der Waals surface area contributed by atoms with Gasteiger partial charge in [-0.05, 0) is 43.2 Å². The molecule has 1 amide bonds. The zero-order valence-corrected chi connectivity index (χ0v) is 21.7. The molecule has 0 fully saturated rings. The number of pyridine rings is 1. The van der Waals surface area contributed by atoms with Gasteiger partial charge in [-0.2, -0.15) is 0 Å². The van der Waals surface area contributed by atoms with E-state index in [2.05, 4.69) is 20.8 Å². The summed E-state index contributed by atoms with van der Waals surface area (Å²) >= 11 is 6.11. The van der Waals surface area contributed by atoms with Crippen molar-refractivity contribution in [2.75, 3.05) is 26.0 Å². The summed E-state index contributed by atoms with van der Waals surface area (Å²) in [4.78, 5) is 27.0. The van der Waals surface area contributed by atoms with Crippen molar-refractivity contribution in [1.82, 2.24) is 30.3 Å². The maximum absolute atomic E-state index is 11.9. The third-order valence-corrected chi connectivity index (χ3v) is 5.87. The highest BCUT2D eigenvalue weighted by molar-refractivity contribution is 6.30. The van der Waals surface area contributed by atoms with Crippen molar-refractivity contribution >= 4 is 46.0 Å². The lowest BCUT2D eigenvalue weighted by Gasteiger charge is -2.13. The van der Waals surface area contributed by atoms with Crippen LogP contribution < -0.4 is 10.6 Å². The van der Waals surface area contributed by atoms with E-state index in [4.69, 9.17) is 31.5 Å². The van der Waals surface area contributed by atoms with E-state index >= 15 is 0 Å². The number of amides is 1. The third-order valence-electron chi connectivity index (χ3n) is 5.66. The van der Waals surface area contributed by atoms with Crippen LogP contribution in [0.15, 0.2) is 47.4 Å². The highest BCUT2D eigenvalue weighted by Gasteiger charge is 2.16. The number of hydrogen-bond acceptors (Lipinski definition) is 9. The predicted molar refractivity (Wildman–Crippen MR) is 145 cm³/mol. The molecule has 0 unspecified atom stereocenters. The van der Waals surface area contributed by atoms with E-state index < -0.39 is 0 Å². The van der Waals surface area contributed by atoms with Crippen molar-refractivity contribution in [2.45, 2.75) is 20.4 Å². The Hall–Kier alpha value is -4.31. The number of anilines is 1. The molecule has 3 N–H and O–H groups in total. The summed E-state index contributed by atoms with van der Waals surface area (Å²) in [5.41, 5.74) is 4.64. The van der Waals surface area contributed by atoms with Crippen LogP contribution in [0.2, 0.25) is 5.02 Å². The molecule has 0 radical (unpaired) electrons. The maximum Gasteiger partial charge on any atom is 0.241 e. The van der Waals surface area contributed by atoms with E-state index in [0.29, 0.717) is 34.3 Å². The van der Waals surface area contributed by atoms with Gasteiger partial charge in [0.2, 0.25) is 5.91 Å². The second-order valence-corrected chi connectivity index (χ2v) is 9.04. The molecule has 0 saturated heterocycles. The Balaban J connectivity index is 1.76. The molecule has 10 nitrogen and oxygen atoms in total. The Morgan fingerprint density at radius 2 is 2.00 bits per heavy atom. The Morgan fingerprint density at radius 1 is 1.19 bits per heavy atom. The molecule has 0 aliphatic heterocycles. The Labute approximate surface area is 219 Å². The van der Waals surface area contributed by atoms with E-state index in [0.717, 1.165) is 39.7 Å². The lowest BCUT2D eigenvalue weighted by atomic mass is 10.0. The number of aromatic nitrogens is 4. The number of allylic oxidation sites excluding steroid dienone is 1. The summed E-state index contributed by atoms with van der Waals surface area (Å²) in [6.45, 7) is 4.29. The molecule has 3 aromatic heterocycles. The number of fused-ring (bicyclic) bond motifs is 1. The summed E-state index contributed by atoms with van der Waals surface area (Å²) in [6.07, 6.45) is 6.02. The quantitative estimate of drug-likeness (QED) is 0.280. The fraction of sp³-hybridized carbons (Fsp3) is 0.231. The van der Waals surface area contributed by atoms with Crippen LogP contribution in [0.5, 0.6) is 0 Å². The first kappa shape index (κ1) is 25.8. The molecular weight excluding hydrogens is 492 g/mol. The number of nitrogens with one attached hydrogen (secondary N) is 3. The van der Waals surface area contributed by atoms with Gasteiger partial charge in [-0.25, -0.2) is 9.97 Å². The number of carbonyl (C=O) groups excluding carboxylic acids is 1. The van der Waals surface area contributed by atoms with E-state index in [1.165, 1.54) is 4.90 Å². The smallest absolute Gasteiger partial charge is 0.241 e. The summed E-state index contributed by atoms with van der Waals surface area (Å²) in [7, 11) is 3.36. The number of nitrogens with zero attached hydrogens (tertiary/aromatic N) is 5. The molecule has 0 aliphatic carbocycles. The molecule has 4 aromatic rings. The monoisotopic (exact) mass is 518 g/mol. The zero-order chi connectivity index (χ0) is 26.5. The first-order valence-electron chi connectivity index (χ1n) is 11.5. The van der Waals surface area contributed by atoms with Gasteiger partial charge in [0.05, 0.1) is 28.4 Å². The predicted octanol–water partition coefficient (Wildman–Crippen LogP) is 4.23. The molecule has 4 rings (SSSR count).